The molecule has 1 aliphatic rings. The summed E-state index contributed by atoms with van der Waals surface area (Å²) in [5, 5.41) is 0. The Balaban J connectivity index is 2.33. The first-order chi connectivity index (χ1) is 9.15. The highest BCUT2D eigenvalue weighted by molar-refractivity contribution is 6.15. The summed E-state index contributed by atoms with van der Waals surface area (Å²) in [5.74, 6) is -1.42. The monoisotopic (exact) mass is 260 g/mol. The first kappa shape index (κ1) is 13.5. The molecular weight excluding hydrogens is 244 g/mol. The lowest BCUT2D eigenvalue weighted by atomic mass is 9.82. The first-order valence-electron chi connectivity index (χ1n) is 6.39. The highest BCUT2D eigenvalue weighted by Gasteiger charge is 2.31. The number of rotatable bonds is 3. The van der Waals surface area contributed by atoms with Gasteiger partial charge in [0.15, 0.2) is 5.78 Å². The van der Waals surface area contributed by atoms with Crippen molar-refractivity contribution in [1.82, 2.24) is 0 Å². The van der Waals surface area contributed by atoms with E-state index in [-0.39, 0.29) is 22.7 Å². The van der Waals surface area contributed by atoms with Crippen LogP contribution in [0.3, 0.4) is 0 Å². The molecule has 0 saturated heterocycles. The number of carbonyl (C=O) groups is 3. The summed E-state index contributed by atoms with van der Waals surface area (Å²) in [7, 11) is 1.27. The fourth-order valence-corrected chi connectivity index (χ4v) is 2.43. The van der Waals surface area contributed by atoms with E-state index in [9.17, 15) is 14.4 Å². The van der Waals surface area contributed by atoms with Gasteiger partial charge in [-0.05, 0) is 18.9 Å². The zero-order valence-electron chi connectivity index (χ0n) is 10.8. The molecule has 1 fully saturated rings. The Morgan fingerprint density at radius 3 is 2.47 bits per heavy atom. The molecule has 0 radical (unpaired) electrons. The number of benzene rings is 1. The average Bonchev–Trinajstić information content (AvgIpc) is 2.46. The molecule has 0 spiro atoms. The minimum absolute atomic E-state index is 0.0177. The van der Waals surface area contributed by atoms with Gasteiger partial charge in [-0.2, -0.15) is 0 Å². The molecule has 19 heavy (non-hydrogen) atoms. The topological polar surface area (TPSA) is 60.4 Å². The minimum atomic E-state index is -0.598. The smallest absolute Gasteiger partial charge is 0.338 e. The van der Waals surface area contributed by atoms with Gasteiger partial charge in [-0.1, -0.05) is 24.6 Å². The Morgan fingerprint density at radius 2 is 1.84 bits per heavy atom. The maximum absolute atomic E-state index is 12.4. The highest BCUT2D eigenvalue weighted by Crippen LogP contribution is 2.25. The SMILES string of the molecule is COC(=O)c1ccccc1C(=O)C1CCCCC1=O. The molecule has 1 aromatic rings. The summed E-state index contributed by atoms with van der Waals surface area (Å²) in [6, 6.07) is 6.49. The summed E-state index contributed by atoms with van der Waals surface area (Å²) >= 11 is 0. The Hall–Kier alpha value is -1.97. The van der Waals surface area contributed by atoms with E-state index in [1.165, 1.54) is 7.11 Å². The Morgan fingerprint density at radius 1 is 1.16 bits per heavy atom. The van der Waals surface area contributed by atoms with E-state index in [1.54, 1.807) is 24.3 Å². The molecule has 1 aromatic carbocycles. The second kappa shape index (κ2) is 5.78. The van der Waals surface area contributed by atoms with Crippen LogP contribution in [-0.2, 0) is 9.53 Å². The number of methoxy groups -OCH3 is 1. The molecule has 4 heteroatoms. The fourth-order valence-electron chi connectivity index (χ4n) is 2.43. The van der Waals surface area contributed by atoms with Crippen LogP contribution in [-0.4, -0.2) is 24.6 Å². The lowest BCUT2D eigenvalue weighted by molar-refractivity contribution is -0.122. The van der Waals surface area contributed by atoms with Gasteiger partial charge in [-0.3, -0.25) is 9.59 Å². The van der Waals surface area contributed by atoms with Crippen LogP contribution in [0.25, 0.3) is 0 Å². The zero-order chi connectivity index (χ0) is 13.8. The molecule has 0 amide bonds. The van der Waals surface area contributed by atoms with Crippen molar-refractivity contribution in [2.75, 3.05) is 7.11 Å². The molecule has 0 bridgehead atoms. The average molecular weight is 260 g/mol. The molecule has 1 unspecified atom stereocenters. The number of esters is 1. The minimum Gasteiger partial charge on any atom is -0.465 e. The van der Waals surface area contributed by atoms with Gasteiger partial charge < -0.3 is 4.74 Å². The predicted octanol–water partition coefficient (Wildman–Crippen LogP) is 2.42. The second-order valence-electron chi connectivity index (χ2n) is 4.67. The van der Waals surface area contributed by atoms with E-state index in [0.717, 1.165) is 12.8 Å². The second-order valence-corrected chi connectivity index (χ2v) is 4.67. The molecule has 100 valence electrons. The van der Waals surface area contributed by atoms with Crippen molar-refractivity contribution in [2.45, 2.75) is 25.7 Å². The largest absolute Gasteiger partial charge is 0.465 e. The molecule has 4 nitrogen and oxygen atoms in total. The molecule has 0 N–H and O–H groups in total. The lowest BCUT2D eigenvalue weighted by Gasteiger charge is -2.20. The van der Waals surface area contributed by atoms with Crippen molar-refractivity contribution in [3.8, 4) is 0 Å². The summed E-state index contributed by atoms with van der Waals surface area (Å²) in [6.07, 6.45) is 2.76. The first-order valence-corrected chi connectivity index (χ1v) is 6.39. The quantitative estimate of drug-likeness (QED) is 0.475. The number of hydrogen-bond acceptors (Lipinski definition) is 4. The lowest BCUT2D eigenvalue weighted by Crippen LogP contribution is -2.28. The van der Waals surface area contributed by atoms with Crippen LogP contribution < -0.4 is 0 Å². The summed E-state index contributed by atoms with van der Waals surface area (Å²) in [4.78, 5) is 35.9. The van der Waals surface area contributed by atoms with Crippen LogP contribution in [0.4, 0.5) is 0 Å². The normalized spacial score (nSPS) is 19.0. The maximum Gasteiger partial charge on any atom is 0.338 e. The molecule has 1 atom stereocenters. The number of ketones is 2. The van der Waals surface area contributed by atoms with Gasteiger partial charge in [-0.15, -0.1) is 0 Å². The van der Waals surface area contributed by atoms with Crippen LogP contribution in [0.2, 0.25) is 0 Å². The van der Waals surface area contributed by atoms with Gasteiger partial charge in [0.05, 0.1) is 18.6 Å². The van der Waals surface area contributed by atoms with E-state index in [1.807, 2.05) is 0 Å². The van der Waals surface area contributed by atoms with Gasteiger partial charge in [0, 0.05) is 12.0 Å². The van der Waals surface area contributed by atoms with Crippen LogP contribution in [0.5, 0.6) is 0 Å². The predicted molar refractivity (Wildman–Crippen MR) is 69.1 cm³/mol. The van der Waals surface area contributed by atoms with E-state index >= 15 is 0 Å². The van der Waals surface area contributed by atoms with Gasteiger partial charge in [0.25, 0.3) is 0 Å². The molecule has 0 heterocycles. The number of carbonyl (C=O) groups excluding carboxylic acids is 3. The van der Waals surface area contributed by atoms with Crippen molar-refractivity contribution in [2.24, 2.45) is 5.92 Å². The third-order valence-corrected chi connectivity index (χ3v) is 3.47. The molecule has 1 saturated carbocycles. The van der Waals surface area contributed by atoms with Crippen LogP contribution in [0.1, 0.15) is 46.4 Å². The van der Waals surface area contributed by atoms with Crippen LogP contribution in [0.15, 0.2) is 24.3 Å². The van der Waals surface area contributed by atoms with Gasteiger partial charge >= 0.3 is 5.97 Å². The number of hydrogen-bond donors (Lipinski definition) is 0. The van der Waals surface area contributed by atoms with Crippen molar-refractivity contribution in [1.29, 1.82) is 0 Å². The van der Waals surface area contributed by atoms with E-state index in [0.29, 0.717) is 12.8 Å². The molecule has 0 aromatic heterocycles. The molecular formula is C15H16O4. The fraction of sp³-hybridized carbons (Fsp3) is 0.400. The van der Waals surface area contributed by atoms with Crippen molar-refractivity contribution in [3.05, 3.63) is 35.4 Å². The Labute approximate surface area is 111 Å². The van der Waals surface area contributed by atoms with E-state index < -0.39 is 11.9 Å². The van der Waals surface area contributed by atoms with E-state index in [4.69, 9.17) is 0 Å². The summed E-state index contributed by atoms with van der Waals surface area (Å²) in [6.45, 7) is 0. The van der Waals surface area contributed by atoms with E-state index in [2.05, 4.69) is 4.74 Å². The Bertz CT molecular complexity index is 519. The summed E-state index contributed by atoms with van der Waals surface area (Å²) < 4.78 is 4.67. The third-order valence-electron chi connectivity index (χ3n) is 3.47. The third kappa shape index (κ3) is 2.72. The van der Waals surface area contributed by atoms with Crippen molar-refractivity contribution in [3.63, 3.8) is 0 Å². The zero-order valence-corrected chi connectivity index (χ0v) is 10.8. The van der Waals surface area contributed by atoms with Crippen LogP contribution in [0, 0.1) is 5.92 Å². The number of Topliss-reactive ketones (excluding diaryl/α,β-unsaturated/α-hetero) is 2. The number of ether oxygens (including phenoxy) is 1. The van der Waals surface area contributed by atoms with Crippen molar-refractivity contribution < 1.29 is 19.1 Å². The van der Waals surface area contributed by atoms with Gasteiger partial charge in [0.2, 0.25) is 0 Å². The molecule has 1 aliphatic carbocycles. The van der Waals surface area contributed by atoms with Gasteiger partial charge in [0.1, 0.15) is 5.78 Å². The van der Waals surface area contributed by atoms with Crippen LogP contribution >= 0.6 is 0 Å². The molecule has 0 aliphatic heterocycles. The summed E-state index contributed by atoms with van der Waals surface area (Å²) in [5.41, 5.74) is 0.517. The molecule has 2 rings (SSSR count). The van der Waals surface area contributed by atoms with Gasteiger partial charge in [-0.25, -0.2) is 4.79 Å². The maximum atomic E-state index is 12.4. The standard InChI is InChI=1S/C15H16O4/c1-19-15(18)11-7-3-2-6-10(11)14(17)12-8-4-5-9-13(12)16/h2-3,6-7,12H,4-5,8-9H2,1H3. The Kier molecular flexibility index (Phi) is 4.10. The van der Waals surface area contributed by atoms with Crippen molar-refractivity contribution >= 4 is 17.5 Å². The highest BCUT2D eigenvalue weighted by atomic mass is 16.5.